The van der Waals surface area contributed by atoms with Gasteiger partial charge in [0.1, 0.15) is 0 Å². The van der Waals surface area contributed by atoms with Crippen LogP contribution in [0.25, 0.3) is 0 Å². The quantitative estimate of drug-likeness (QED) is 0.697. The summed E-state index contributed by atoms with van der Waals surface area (Å²) < 4.78 is 0. The molecular formula is C13H24N2O4. The number of nitrogens with one attached hydrogen (secondary N) is 1. The van der Waals surface area contributed by atoms with Crippen molar-refractivity contribution in [1.29, 1.82) is 0 Å². The van der Waals surface area contributed by atoms with Gasteiger partial charge >= 0.3 is 12.0 Å². The number of carboxylic acids is 1. The molecule has 2 unspecified atom stereocenters. The number of rotatable bonds is 5. The summed E-state index contributed by atoms with van der Waals surface area (Å²) >= 11 is 0. The van der Waals surface area contributed by atoms with Crippen molar-refractivity contribution in [1.82, 2.24) is 10.2 Å². The van der Waals surface area contributed by atoms with Gasteiger partial charge in [0.25, 0.3) is 0 Å². The van der Waals surface area contributed by atoms with Gasteiger partial charge in [-0.05, 0) is 18.8 Å². The Morgan fingerprint density at radius 3 is 2.74 bits per heavy atom. The predicted molar refractivity (Wildman–Crippen MR) is 70.9 cm³/mol. The van der Waals surface area contributed by atoms with Crippen LogP contribution in [0.4, 0.5) is 4.79 Å². The van der Waals surface area contributed by atoms with E-state index in [0.29, 0.717) is 13.1 Å². The molecule has 0 saturated carbocycles. The third kappa shape index (κ3) is 5.46. The molecule has 0 aromatic heterocycles. The predicted octanol–water partition coefficient (Wildman–Crippen LogP) is 1.04. The number of likely N-dealkylation sites (tertiary alicyclic amines) is 1. The summed E-state index contributed by atoms with van der Waals surface area (Å²) in [5.74, 6) is -0.953. The van der Waals surface area contributed by atoms with Crippen molar-refractivity contribution >= 4 is 12.0 Å². The van der Waals surface area contributed by atoms with E-state index in [2.05, 4.69) is 5.32 Å². The lowest BCUT2D eigenvalue weighted by atomic mass is 10.1. The fourth-order valence-electron chi connectivity index (χ4n) is 2.37. The minimum atomic E-state index is -0.857. The number of aliphatic hydroxyl groups excluding tert-OH is 1. The van der Waals surface area contributed by atoms with Crippen LogP contribution >= 0.6 is 0 Å². The maximum atomic E-state index is 12.1. The number of aliphatic hydroxyl groups is 1. The van der Waals surface area contributed by atoms with E-state index < -0.39 is 5.97 Å². The van der Waals surface area contributed by atoms with Crippen LogP contribution in [0.5, 0.6) is 0 Å². The van der Waals surface area contributed by atoms with E-state index >= 15 is 0 Å². The fourth-order valence-corrected chi connectivity index (χ4v) is 2.37. The molecule has 6 nitrogen and oxygen atoms in total. The number of urea groups is 1. The summed E-state index contributed by atoms with van der Waals surface area (Å²) in [6.45, 7) is 2.78. The Balaban J connectivity index is 2.43. The highest BCUT2D eigenvalue weighted by atomic mass is 16.4. The molecule has 110 valence electrons. The summed E-state index contributed by atoms with van der Waals surface area (Å²) in [4.78, 5) is 24.3. The number of hydrogen-bond acceptors (Lipinski definition) is 3. The molecule has 2 atom stereocenters. The van der Waals surface area contributed by atoms with Crippen molar-refractivity contribution in [3.63, 3.8) is 0 Å². The van der Waals surface area contributed by atoms with Gasteiger partial charge in [0.2, 0.25) is 0 Å². The number of aliphatic carboxylic acids is 1. The maximum absolute atomic E-state index is 12.1. The second-order valence-electron chi connectivity index (χ2n) is 5.27. The monoisotopic (exact) mass is 272 g/mol. The van der Waals surface area contributed by atoms with Gasteiger partial charge in [-0.15, -0.1) is 0 Å². The molecule has 1 rings (SSSR count). The van der Waals surface area contributed by atoms with Gasteiger partial charge in [-0.25, -0.2) is 4.79 Å². The van der Waals surface area contributed by atoms with Gasteiger partial charge in [0, 0.05) is 19.5 Å². The highest BCUT2D eigenvalue weighted by Crippen LogP contribution is 2.16. The molecule has 0 radical (unpaired) electrons. The molecule has 0 aromatic carbocycles. The molecule has 19 heavy (non-hydrogen) atoms. The molecule has 1 aliphatic rings. The van der Waals surface area contributed by atoms with E-state index in [1.54, 1.807) is 11.8 Å². The van der Waals surface area contributed by atoms with Crippen LogP contribution in [-0.4, -0.2) is 52.9 Å². The topological polar surface area (TPSA) is 89.9 Å². The highest BCUT2D eigenvalue weighted by molar-refractivity contribution is 5.74. The molecule has 1 heterocycles. The van der Waals surface area contributed by atoms with E-state index in [-0.39, 0.29) is 31.0 Å². The summed E-state index contributed by atoms with van der Waals surface area (Å²) in [6.07, 6.45) is 3.94. The number of carbonyl (C=O) groups is 2. The first-order valence-electron chi connectivity index (χ1n) is 6.91. The van der Waals surface area contributed by atoms with Crippen LogP contribution in [0.2, 0.25) is 0 Å². The van der Waals surface area contributed by atoms with Gasteiger partial charge in [0.15, 0.2) is 0 Å². The Morgan fingerprint density at radius 1 is 1.37 bits per heavy atom. The minimum absolute atomic E-state index is 0.0158. The molecule has 1 fully saturated rings. The average molecular weight is 272 g/mol. The third-order valence-corrected chi connectivity index (χ3v) is 3.47. The highest BCUT2D eigenvalue weighted by Gasteiger charge is 2.24. The number of nitrogens with zero attached hydrogens (tertiary/aromatic N) is 1. The van der Waals surface area contributed by atoms with E-state index in [1.165, 1.54) is 0 Å². The third-order valence-electron chi connectivity index (χ3n) is 3.47. The second-order valence-corrected chi connectivity index (χ2v) is 5.27. The Labute approximate surface area is 113 Å². The maximum Gasteiger partial charge on any atom is 0.317 e. The molecule has 6 heteroatoms. The van der Waals surface area contributed by atoms with Crippen LogP contribution in [0, 0.1) is 5.92 Å². The molecular weight excluding hydrogens is 248 g/mol. The SMILES string of the molecule is CC(CNC(=O)N1CCCCCC1CO)CC(=O)O. The number of amides is 2. The van der Waals surface area contributed by atoms with E-state index in [4.69, 9.17) is 5.11 Å². The molecule has 3 N–H and O–H groups in total. The Hall–Kier alpha value is -1.30. The van der Waals surface area contributed by atoms with Gasteiger partial charge in [-0.3, -0.25) is 4.79 Å². The zero-order valence-corrected chi connectivity index (χ0v) is 11.5. The van der Waals surface area contributed by atoms with Crippen LogP contribution in [0.1, 0.15) is 39.0 Å². The molecule has 0 spiro atoms. The van der Waals surface area contributed by atoms with Crippen molar-refractivity contribution in [3.05, 3.63) is 0 Å². The first-order valence-corrected chi connectivity index (χ1v) is 6.91. The zero-order chi connectivity index (χ0) is 14.3. The molecule has 1 aliphatic heterocycles. The molecule has 2 amide bonds. The Morgan fingerprint density at radius 2 is 2.11 bits per heavy atom. The molecule has 0 aromatic rings. The fraction of sp³-hybridized carbons (Fsp3) is 0.846. The van der Waals surface area contributed by atoms with E-state index in [9.17, 15) is 14.7 Å². The first-order chi connectivity index (χ1) is 9.04. The second kappa shape index (κ2) is 7.99. The van der Waals surface area contributed by atoms with Gasteiger partial charge in [-0.2, -0.15) is 0 Å². The largest absolute Gasteiger partial charge is 0.481 e. The standard InChI is InChI=1S/C13H24N2O4/c1-10(7-12(17)18)8-14-13(19)15-6-4-2-3-5-11(15)9-16/h10-11,16H,2-9H2,1H3,(H,14,19)(H,17,18). The first kappa shape index (κ1) is 15.8. The summed E-state index contributed by atoms with van der Waals surface area (Å²) in [5, 5.41) is 20.8. The lowest BCUT2D eigenvalue weighted by Crippen LogP contribution is -2.48. The Bertz CT molecular complexity index is 309. The zero-order valence-electron chi connectivity index (χ0n) is 11.5. The van der Waals surface area contributed by atoms with Crippen molar-refractivity contribution in [2.45, 2.75) is 45.1 Å². The normalized spacial score (nSPS) is 21.6. The minimum Gasteiger partial charge on any atom is -0.481 e. The van der Waals surface area contributed by atoms with Crippen LogP contribution in [-0.2, 0) is 4.79 Å². The average Bonchev–Trinajstić information content (AvgIpc) is 2.60. The summed E-state index contributed by atoms with van der Waals surface area (Å²) in [6, 6.07) is -0.310. The van der Waals surface area contributed by atoms with Crippen molar-refractivity contribution in [3.8, 4) is 0 Å². The smallest absolute Gasteiger partial charge is 0.317 e. The van der Waals surface area contributed by atoms with Gasteiger partial charge < -0.3 is 20.4 Å². The summed E-state index contributed by atoms with van der Waals surface area (Å²) in [5.41, 5.74) is 0. The molecule has 0 aliphatic carbocycles. The lowest BCUT2D eigenvalue weighted by molar-refractivity contribution is -0.137. The van der Waals surface area contributed by atoms with Gasteiger partial charge in [0.05, 0.1) is 12.6 Å². The van der Waals surface area contributed by atoms with E-state index in [0.717, 1.165) is 25.7 Å². The number of carboxylic acid groups (broad SMARTS) is 1. The van der Waals surface area contributed by atoms with Gasteiger partial charge in [-0.1, -0.05) is 19.8 Å². The van der Waals surface area contributed by atoms with Crippen molar-refractivity contribution in [2.75, 3.05) is 19.7 Å². The van der Waals surface area contributed by atoms with E-state index in [1.807, 2.05) is 0 Å². The summed E-state index contributed by atoms with van der Waals surface area (Å²) in [7, 11) is 0. The number of carbonyl (C=O) groups excluding carboxylic acids is 1. The Kier molecular flexibility index (Phi) is 6.62. The van der Waals surface area contributed by atoms with Crippen molar-refractivity contribution < 1.29 is 19.8 Å². The van der Waals surface area contributed by atoms with Crippen LogP contribution < -0.4 is 5.32 Å². The van der Waals surface area contributed by atoms with Crippen LogP contribution in [0.3, 0.4) is 0 Å². The van der Waals surface area contributed by atoms with Crippen LogP contribution in [0.15, 0.2) is 0 Å². The number of hydrogen-bond donors (Lipinski definition) is 3. The lowest BCUT2D eigenvalue weighted by Gasteiger charge is -2.29. The van der Waals surface area contributed by atoms with Crippen molar-refractivity contribution in [2.24, 2.45) is 5.92 Å². The molecule has 1 saturated heterocycles. The molecule has 0 bridgehead atoms.